The first-order valence-electron chi connectivity index (χ1n) is 7.40. The van der Waals surface area contributed by atoms with Crippen molar-refractivity contribution in [3.63, 3.8) is 0 Å². The third-order valence-electron chi connectivity index (χ3n) is 4.94. The molecule has 2 fully saturated rings. The highest BCUT2D eigenvalue weighted by atomic mass is 16.2. The first kappa shape index (κ1) is 12.2. The van der Waals surface area contributed by atoms with E-state index in [1.54, 1.807) is 0 Å². The van der Waals surface area contributed by atoms with Crippen LogP contribution in [0.15, 0.2) is 12.2 Å². The summed E-state index contributed by atoms with van der Waals surface area (Å²) in [6, 6.07) is 1.80. The smallest absolute Gasteiger partial charge is 0.223 e. The molecular formula is C15H24N2O. The largest absolute Gasteiger partial charge is 0.343 e. The zero-order valence-corrected chi connectivity index (χ0v) is 11.3. The molecule has 3 unspecified atom stereocenters. The van der Waals surface area contributed by atoms with E-state index in [0.717, 1.165) is 25.7 Å². The van der Waals surface area contributed by atoms with Crippen LogP contribution in [0.4, 0.5) is 0 Å². The summed E-state index contributed by atoms with van der Waals surface area (Å²) in [5, 5.41) is 3.64. The number of amides is 1. The molecule has 100 valence electrons. The van der Waals surface area contributed by atoms with Gasteiger partial charge in [0.25, 0.3) is 0 Å². The molecule has 0 aromatic carbocycles. The summed E-state index contributed by atoms with van der Waals surface area (Å²) in [5.41, 5.74) is 0. The monoisotopic (exact) mass is 248 g/mol. The second-order valence-corrected chi connectivity index (χ2v) is 6.24. The van der Waals surface area contributed by atoms with Crippen molar-refractivity contribution in [1.29, 1.82) is 0 Å². The van der Waals surface area contributed by atoms with E-state index in [4.69, 9.17) is 0 Å². The Hall–Kier alpha value is -0.830. The third kappa shape index (κ3) is 2.46. The van der Waals surface area contributed by atoms with Crippen molar-refractivity contribution in [3.8, 4) is 0 Å². The number of hydrogen-bond donors (Lipinski definition) is 1. The predicted molar refractivity (Wildman–Crippen MR) is 72.2 cm³/mol. The minimum atomic E-state index is 0.345. The first-order valence-corrected chi connectivity index (χ1v) is 7.40. The van der Waals surface area contributed by atoms with Gasteiger partial charge in [-0.2, -0.15) is 0 Å². The molecular weight excluding hydrogens is 224 g/mol. The van der Waals surface area contributed by atoms with Gasteiger partial charge in [-0.3, -0.25) is 4.79 Å². The van der Waals surface area contributed by atoms with Crippen molar-refractivity contribution >= 4 is 5.91 Å². The summed E-state index contributed by atoms with van der Waals surface area (Å²) < 4.78 is 0. The molecule has 2 saturated heterocycles. The van der Waals surface area contributed by atoms with Gasteiger partial charge in [0.05, 0.1) is 0 Å². The number of nitrogens with zero attached hydrogens (tertiary/aromatic N) is 1. The molecule has 0 aromatic heterocycles. The minimum Gasteiger partial charge on any atom is -0.343 e. The van der Waals surface area contributed by atoms with Gasteiger partial charge in [-0.1, -0.05) is 12.2 Å². The fourth-order valence-corrected chi connectivity index (χ4v) is 3.78. The van der Waals surface area contributed by atoms with E-state index in [9.17, 15) is 4.79 Å². The molecule has 0 saturated carbocycles. The van der Waals surface area contributed by atoms with Crippen LogP contribution in [-0.4, -0.2) is 36.0 Å². The zero-order valence-electron chi connectivity index (χ0n) is 11.3. The first-order chi connectivity index (χ1) is 8.72. The lowest BCUT2D eigenvalue weighted by Crippen LogP contribution is -2.48. The summed E-state index contributed by atoms with van der Waals surface area (Å²) >= 11 is 0. The van der Waals surface area contributed by atoms with Crippen LogP contribution in [0, 0.1) is 5.92 Å². The topological polar surface area (TPSA) is 32.3 Å². The van der Waals surface area contributed by atoms with E-state index >= 15 is 0 Å². The van der Waals surface area contributed by atoms with Gasteiger partial charge < -0.3 is 10.2 Å². The number of nitrogens with one attached hydrogen (secondary N) is 1. The normalized spacial score (nSPS) is 38.1. The van der Waals surface area contributed by atoms with E-state index in [1.807, 2.05) is 11.9 Å². The summed E-state index contributed by atoms with van der Waals surface area (Å²) in [5.74, 6) is 0.844. The van der Waals surface area contributed by atoms with E-state index in [0.29, 0.717) is 36.4 Å². The van der Waals surface area contributed by atoms with Crippen LogP contribution in [0.3, 0.4) is 0 Å². The average Bonchev–Trinajstić information content (AvgIpc) is 2.98. The molecule has 18 heavy (non-hydrogen) atoms. The molecule has 3 aliphatic rings. The summed E-state index contributed by atoms with van der Waals surface area (Å²) in [6.45, 7) is 0. The van der Waals surface area contributed by atoms with Gasteiger partial charge in [0.1, 0.15) is 0 Å². The summed E-state index contributed by atoms with van der Waals surface area (Å²) in [7, 11) is 2.01. The Morgan fingerprint density at radius 3 is 2.61 bits per heavy atom. The number of carbonyl (C=O) groups is 1. The molecule has 1 amide bonds. The molecule has 0 aromatic rings. The Bertz CT molecular complexity index is 340. The van der Waals surface area contributed by atoms with Crippen molar-refractivity contribution in [3.05, 3.63) is 12.2 Å². The standard InChI is InChI=1S/C15H24N2O/c1-17(15(18)8-11-4-2-3-5-11)14-9-12-6-7-13(10-14)16-12/h2,4,11-14,16H,3,5-10H2,1H3. The quantitative estimate of drug-likeness (QED) is 0.776. The van der Waals surface area contributed by atoms with Crippen LogP contribution < -0.4 is 5.32 Å². The van der Waals surface area contributed by atoms with Crippen LogP contribution in [0.5, 0.6) is 0 Å². The summed E-state index contributed by atoms with van der Waals surface area (Å²) in [6.07, 6.45) is 12.4. The van der Waals surface area contributed by atoms with Gasteiger partial charge in [0, 0.05) is 31.6 Å². The number of rotatable bonds is 3. The second kappa shape index (κ2) is 5.04. The Morgan fingerprint density at radius 1 is 1.28 bits per heavy atom. The molecule has 3 heteroatoms. The van der Waals surface area contributed by atoms with Crippen LogP contribution in [-0.2, 0) is 4.79 Å². The van der Waals surface area contributed by atoms with Crippen molar-refractivity contribution < 1.29 is 4.79 Å². The van der Waals surface area contributed by atoms with E-state index in [-0.39, 0.29) is 0 Å². The number of fused-ring (bicyclic) bond motifs is 2. The molecule has 3 nitrogen and oxygen atoms in total. The minimum absolute atomic E-state index is 0.345. The highest BCUT2D eigenvalue weighted by molar-refractivity contribution is 5.76. The maximum atomic E-state index is 12.3. The highest BCUT2D eigenvalue weighted by Crippen LogP contribution is 2.30. The number of carbonyl (C=O) groups excluding carboxylic acids is 1. The predicted octanol–water partition coefficient (Wildman–Crippen LogP) is 2.08. The maximum absolute atomic E-state index is 12.3. The van der Waals surface area contributed by atoms with Gasteiger partial charge in [0.15, 0.2) is 0 Å². The van der Waals surface area contributed by atoms with Gasteiger partial charge >= 0.3 is 0 Å². The van der Waals surface area contributed by atoms with Crippen molar-refractivity contribution in [2.45, 2.75) is 63.1 Å². The summed E-state index contributed by atoms with van der Waals surface area (Å²) in [4.78, 5) is 14.3. The Balaban J connectivity index is 1.55. The van der Waals surface area contributed by atoms with Crippen molar-refractivity contribution in [1.82, 2.24) is 10.2 Å². The second-order valence-electron chi connectivity index (χ2n) is 6.24. The van der Waals surface area contributed by atoms with Crippen LogP contribution in [0.2, 0.25) is 0 Å². The van der Waals surface area contributed by atoms with E-state index < -0.39 is 0 Å². The van der Waals surface area contributed by atoms with Gasteiger partial charge in [-0.05, 0) is 44.4 Å². The Kier molecular flexibility index (Phi) is 3.42. The molecule has 1 aliphatic carbocycles. The third-order valence-corrected chi connectivity index (χ3v) is 4.94. The van der Waals surface area contributed by atoms with Crippen LogP contribution in [0.1, 0.15) is 44.9 Å². The van der Waals surface area contributed by atoms with Crippen LogP contribution in [0.25, 0.3) is 0 Å². The van der Waals surface area contributed by atoms with Crippen molar-refractivity contribution in [2.24, 2.45) is 5.92 Å². The number of piperidine rings is 1. The molecule has 3 rings (SSSR count). The number of allylic oxidation sites excluding steroid dienone is 2. The lowest BCUT2D eigenvalue weighted by atomic mass is 9.97. The Morgan fingerprint density at radius 2 is 2.00 bits per heavy atom. The molecule has 0 spiro atoms. The molecule has 3 atom stereocenters. The molecule has 2 heterocycles. The molecule has 2 aliphatic heterocycles. The fraction of sp³-hybridized carbons (Fsp3) is 0.800. The lowest BCUT2D eigenvalue weighted by Gasteiger charge is -2.36. The molecule has 1 N–H and O–H groups in total. The van der Waals surface area contributed by atoms with Gasteiger partial charge in [0.2, 0.25) is 5.91 Å². The molecule has 2 bridgehead atoms. The fourth-order valence-electron chi connectivity index (χ4n) is 3.78. The lowest BCUT2D eigenvalue weighted by molar-refractivity contribution is -0.133. The maximum Gasteiger partial charge on any atom is 0.223 e. The molecule has 0 radical (unpaired) electrons. The average molecular weight is 248 g/mol. The van der Waals surface area contributed by atoms with E-state index in [2.05, 4.69) is 17.5 Å². The van der Waals surface area contributed by atoms with Gasteiger partial charge in [-0.15, -0.1) is 0 Å². The SMILES string of the molecule is CN(C(=O)CC1C=CCC1)C1CC2CCC(C1)N2. The van der Waals surface area contributed by atoms with Crippen molar-refractivity contribution in [2.75, 3.05) is 7.05 Å². The van der Waals surface area contributed by atoms with E-state index in [1.165, 1.54) is 12.8 Å². The van der Waals surface area contributed by atoms with Gasteiger partial charge in [-0.25, -0.2) is 0 Å². The highest BCUT2D eigenvalue weighted by Gasteiger charge is 2.36. The number of hydrogen-bond acceptors (Lipinski definition) is 2. The van der Waals surface area contributed by atoms with Crippen LogP contribution >= 0.6 is 0 Å². The Labute approximate surface area is 110 Å². The zero-order chi connectivity index (χ0) is 12.5.